The summed E-state index contributed by atoms with van der Waals surface area (Å²) >= 11 is 1.13. The lowest BCUT2D eigenvalue weighted by molar-refractivity contribution is -0.133. The van der Waals surface area contributed by atoms with Crippen LogP contribution >= 0.6 is 11.8 Å². The number of carboxylic acids is 1. The lowest BCUT2D eigenvalue weighted by atomic mass is 9.89. The van der Waals surface area contributed by atoms with Gasteiger partial charge in [-0.05, 0) is 30.5 Å². The molecule has 1 aliphatic rings. The van der Waals surface area contributed by atoms with Crippen molar-refractivity contribution in [3.05, 3.63) is 48.3 Å². The summed E-state index contributed by atoms with van der Waals surface area (Å²) in [6.07, 6.45) is 9.11. The van der Waals surface area contributed by atoms with E-state index in [1.165, 1.54) is 19.3 Å². The van der Waals surface area contributed by atoms with Gasteiger partial charge in [0.15, 0.2) is 5.82 Å². The maximum absolute atomic E-state index is 11.0. The Morgan fingerprint density at radius 3 is 2.93 bits per heavy atom. The molecule has 1 N–H and O–H groups in total. The van der Waals surface area contributed by atoms with Crippen LogP contribution in [0.1, 0.15) is 49.4 Å². The maximum Gasteiger partial charge on any atom is 0.313 e. The SMILES string of the molecule is C=CCOc1cccc(/C=N\n2c(SCC(=O)O)nnc2C2CCCCC2)c1. The van der Waals surface area contributed by atoms with Crippen molar-refractivity contribution in [3.8, 4) is 5.75 Å². The van der Waals surface area contributed by atoms with Gasteiger partial charge in [0, 0.05) is 5.92 Å². The fraction of sp³-hybridized carbons (Fsp3) is 0.400. The van der Waals surface area contributed by atoms with Crippen molar-refractivity contribution in [2.24, 2.45) is 5.10 Å². The predicted octanol–water partition coefficient (Wildman–Crippen LogP) is 3.95. The summed E-state index contributed by atoms with van der Waals surface area (Å²) in [7, 11) is 0. The van der Waals surface area contributed by atoms with Crippen molar-refractivity contribution in [2.75, 3.05) is 12.4 Å². The fourth-order valence-corrected chi connectivity index (χ4v) is 3.80. The molecule has 3 rings (SSSR count). The second kappa shape index (κ2) is 10.1. The summed E-state index contributed by atoms with van der Waals surface area (Å²) in [5, 5.41) is 22.6. The van der Waals surface area contributed by atoms with E-state index in [0.29, 0.717) is 17.7 Å². The summed E-state index contributed by atoms with van der Waals surface area (Å²) in [6.45, 7) is 4.09. The molecule has 1 aliphatic carbocycles. The van der Waals surface area contributed by atoms with Gasteiger partial charge in [-0.15, -0.1) is 10.2 Å². The Bertz CT molecular complexity index is 844. The summed E-state index contributed by atoms with van der Waals surface area (Å²) in [6, 6.07) is 7.59. The van der Waals surface area contributed by atoms with E-state index in [-0.39, 0.29) is 5.75 Å². The van der Waals surface area contributed by atoms with Gasteiger partial charge in [-0.3, -0.25) is 4.79 Å². The minimum absolute atomic E-state index is 0.0802. The molecular weight excluding hydrogens is 376 g/mol. The van der Waals surface area contributed by atoms with Crippen LogP contribution in [0, 0.1) is 0 Å². The number of rotatable bonds is 9. The standard InChI is InChI=1S/C20H24N4O3S/c1-2-11-27-17-10-6-7-15(12-17)13-21-24-19(16-8-4-3-5-9-16)22-23-20(24)28-14-18(25)26/h2,6-7,10,12-13,16H,1,3-5,8-9,11,14H2,(H,25,26)/b21-13-. The number of ether oxygens (including phenoxy) is 1. The van der Waals surface area contributed by atoms with Gasteiger partial charge in [0.05, 0.1) is 12.0 Å². The van der Waals surface area contributed by atoms with Crippen LogP contribution in [0.4, 0.5) is 0 Å². The van der Waals surface area contributed by atoms with Crippen LogP contribution < -0.4 is 4.74 Å². The second-order valence-corrected chi connectivity index (χ2v) is 7.53. The minimum Gasteiger partial charge on any atom is -0.490 e. The first kappa shape index (κ1) is 20.1. The Balaban J connectivity index is 1.85. The molecular formula is C20H24N4O3S. The smallest absolute Gasteiger partial charge is 0.313 e. The number of carboxylic acid groups (broad SMARTS) is 1. The summed E-state index contributed by atoms with van der Waals surface area (Å²) < 4.78 is 7.26. The molecule has 1 aromatic heterocycles. The van der Waals surface area contributed by atoms with Gasteiger partial charge in [-0.25, -0.2) is 0 Å². The third kappa shape index (κ3) is 5.45. The second-order valence-electron chi connectivity index (χ2n) is 6.59. The van der Waals surface area contributed by atoms with Crippen LogP contribution in [0.3, 0.4) is 0 Å². The highest BCUT2D eigenvalue weighted by molar-refractivity contribution is 7.99. The average molecular weight is 401 g/mol. The first-order chi connectivity index (χ1) is 13.7. The van der Waals surface area contributed by atoms with E-state index in [1.54, 1.807) is 17.0 Å². The largest absolute Gasteiger partial charge is 0.490 e. The number of carbonyl (C=O) groups is 1. The van der Waals surface area contributed by atoms with Crippen LogP contribution in [0.2, 0.25) is 0 Å². The Morgan fingerprint density at radius 2 is 2.18 bits per heavy atom. The van der Waals surface area contributed by atoms with Crippen molar-refractivity contribution >= 4 is 23.9 Å². The zero-order valence-corrected chi connectivity index (χ0v) is 16.5. The molecule has 0 bridgehead atoms. The summed E-state index contributed by atoms with van der Waals surface area (Å²) in [5.74, 6) is 0.876. The van der Waals surface area contributed by atoms with Gasteiger partial charge >= 0.3 is 5.97 Å². The van der Waals surface area contributed by atoms with Gasteiger partial charge in [0.1, 0.15) is 12.4 Å². The fourth-order valence-electron chi connectivity index (χ4n) is 3.18. The number of aliphatic carboxylic acids is 1. The van der Waals surface area contributed by atoms with Crippen molar-refractivity contribution in [1.82, 2.24) is 14.9 Å². The molecule has 7 nitrogen and oxygen atoms in total. The number of benzene rings is 1. The van der Waals surface area contributed by atoms with E-state index in [4.69, 9.17) is 9.84 Å². The van der Waals surface area contributed by atoms with Crippen molar-refractivity contribution in [2.45, 2.75) is 43.2 Å². The van der Waals surface area contributed by atoms with E-state index in [1.807, 2.05) is 24.3 Å². The van der Waals surface area contributed by atoms with E-state index in [0.717, 1.165) is 41.7 Å². The van der Waals surface area contributed by atoms with Crippen LogP contribution in [0.15, 0.2) is 47.2 Å². The van der Waals surface area contributed by atoms with E-state index >= 15 is 0 Å². The first-order valence-corrected chi connectivity index (χ1v) is 10.3. The number of nitrogens with zero attached hydrogens (tertiary/aromatic N) is 4. The Kier molecular flexibility index (Phi) is 7.25. The zero-order valence-electron chi connectivity index (χ0n) is 15.7. The summed E-state index contributed by atoms with van der Waals surface area (Å²) in [5.41, 5.74) is 0.874. The molecule has 0 spiro atoms. The number of aromatic nitrogens is 3. The minimum atomic E-state index is -0.894. The first-order valence-electron chi connectivity index (χ1n) is 9.35. The highest BCUT2D eigenvalue weighted by atomic mass is 32.2. The highest BCUT2D eigenvalue weighted by Gasteiger charge is 2.23. The van der Waals surface area contributed by atoms with Crippen molar-refractivity contribution in [3.63, 3.8) is 0 Å². The van der Waals surface area contributed by atoms with E-state index < -0.39 is 5.97 Å². The molecule has 0 unspecified atom stereocenters. The normalized spacial score (nSPS) is 15.0. The van der Waals surface area contributed by atoms with Crippen LogP contribution in [0.25, 0.3) is 0 Å². The molecule has 1 saturated carbocycles. The highest BCUT2D eigenvalue weighted by Crippen LogP contribution is 2.33. The van der Waals surface area contributed by atoms with E-state index in [2.05, 4.69) is 21.9 Å². The van der Waals surface area contributed by atoms with Gasteiger partial charge in [0.25, 0.3) is 0 Å². The van der Waals surface area contributed by atoms with Crippen LogP contribution in [-0.4, -0.2) is 44.5 Å². The number of thioether (sulfide) groups is 1. The quantitative estimate of drug-likeness (QED) is 0.389. The average Bonchev–Trinajstić information content (AvgIpc) is 3.13. The monoisotopic (exact) mass is 400 g/mol. The molecule has 2 aromatic rings. The molecule has 0 saturated heterocycles. The number of hydrogen-bond acceptors (Lipinski definition) is 6. The number of hydrogen-bond donors (Lipinski definition) is 1. The third-order valence-corrected chi connectivity index (χ3v) is 5.38. The molecule has 0 atom stereocenters. The van der Waals surface area contributed by atoms with Crippen molar-refractivity contribution < 1.29 is 14.6 Å². The van der Waals surface area contributed by atoms with Crippen LogP contribution in [0.5, 0.6) is 5.75 Å². The predicted molar refractivity (Wildman–Crippen MR) is 109 cm³/mol. The maximum atomic E-state index is 11.0. The summed E-state index contributed by atoms with van der Waals surface area (Å²) in [4.78, 5) is 11.0. The lowest BCUT2D eigenvalue weighted by Crippen LogP contribution is -2.11. The lowest BCUT2D eigenvalue weighted by Gasteiger charge is -2.20. The molecule has 0 amide bonds. The van der Waals surface area contributed by atoms with Gasteiger partial charge in [0.2, 0.25) is 5.16 Å². The van der Waals surface area contributed by atoms with Crippen molar-refractivity contribution in [1.29, 1.82) is 0 Å². The molecule has 8 heteroatoms. The molecule has 28 heavy (non-hydrogen) atoms. The Hall–Kier alpha value is -2.61. The zero-order chi connectivity index (χ0) is 19.8. The molecule has 148 valence electrons. The van der Waals surface area contributed by atoms with Gasteiger partial charge in [-0.2, -0.15) is 9.78 Å². The Labute approximate surface area is 168 Å². The van der Waals surface area contributed by atoms with Gasteiger partial charge < -0.3 is 9.84 Å². The molecule has 1 aromatic carbocycles. The third-order valence-electron chi connectivity index (χ3n) is 4.48. The Morgan fingerprint density at radius 1 is 1.36 bits per heavy atom. The molecule has 0 radical (unpaired) electrons. The topological polar surface area (TPSA) is 89.6 Å². The molecule has 0 aliphatic heterocycles. The molecule has 1 heterocycles. The van der Waals surface area contributed by atoms with Crippen LogP contribution in [-0.2, 0) is 4.79 Å². The van der Waals surface area contributed by atoms with E-state index in [9.17, 15) is 4.79 Å². The van der Waals surface area contributed by atoms with Gasteiger partial charge in [-0.1, -0.05) is 55.8 Å². The molecule has 1 fully saturated rings.